The van der Waals surface area contributed by atoms with Crippen molar-refractivity contribution < 1.29 is 9.59 Å². The normalized spacial score (nSPS) is 16.2. The predicted octanol–water partition coefficient (Wildman–Crippen LogP) is 5.46. The lowest BCUT2D eigenvalue weighted by Crippen LogP contribution is -2.31. The Morgan fingerprint density at radius 3 is 2.34 bits per heavy atom. The average molecular weight is 413 g/mol. The van der Waals surface area contributed by atoms with Gasteiger partial charge in [-0.05, 0) is 55.5 Å². The number of rotatable bonds is 5. The second-order valence-electron chi connectivity index (χ2n) is 6.91. The quantitative estimate of drug-likeness (QED) is 0.641. The molecule has 2 aromatic rings. The lowest BCUT2D eigenvalue weighted by Gasteiger charge is -2.15. The molecule has 1 amide bonds. The molecule has 1 aliphatic rings. The molecule has 1 atom stereocenters. The fourth-order valence-corrected chi connectivity index (χ4v) is 3.41. The zero-order valence-corrected chi connectivity index (χ0v) is 18.5. The van der Waals surface area contributed by atoms with Crippen LogP contribution in [0.25, 0.3) is 5.70 Å². The number of halogens is 1. The first-order valence-electron chi connectivity index (χ1n) is 9.99. The smallest absolute Gasteiger partial charge is 0.228 e. The zero-order chi connectivity index (χ0) is 21.6. The summed E-state index contributed by atoms with van der Waals surface area (Å²) in [6.07, 6.45) is 2.53. The molecule has 0 aromatic heterocycles. The van der Waals surface area contributed by atoms with E-state index in [0.717, 1.165) is 38.7 Å². The number of allylic oxidation sites excluding steroid dienone is 1. The number of carbonyl (C=O) groups excluding carboxylic acids is 2. The molecule has 154 valence electrons. The van der Waals surface area contributed by atoms with Crippen molar-refractivity contribution in [3.8, 4) is 0 Å². The summed E-state index contributed by atoms with van der Waals surface area (Å²) in [5, 5.41) is 6.91. The van der Waals surface area contributed by atoms with Gasteiger partial charge in [-0.25, -0.2) is 0 Å². The Morgan fingerprint density at radius 2 is 1.79 bits per heavy atom. The standard InChI is InChI=1S/C22H23ClN2O2.C2H6/c1-4-18(24-19-11-17(23)13(2)9-14(19)3)16-7-5-15(6-8-16)10-20-21(26)12-22(27)25-20;1-2/h4-9,11,20,24H,10,12H2,1-3H3,(H,25,27);1-2H3. The van der Waals surface area contributed by atoms with Crippen LogP contribution in [0.15, 0.2) is 42.5 Å². The highest BCUT2D eigenvalue weighted by molar-refractivity contribution is 6.31. The number of amides is 1. The summed E-state index contributed by atoms with van der Waals surface area (Å²) in [5.41, 5.74) is 6.20. The Bertz CT molecular complexity index is 917. The molecular formula is C24H29ClN2O2. The Hall–Kier alpha value is -2.59. The zero-order valence-electron chi connectivity index (χ0n) is 17.7. The van der Waals surface area contributed by atoms with E-state index in [2.05, 4.69) is 23.6 Å². The average Bonchev–Trinajstić information content (AvgIpc) is 3.03. The van der Waals surface area contributed by atoms with Gasteiger partial charge in [-0.2, -0.15) is 0 Å². The molecule has 0 bridgehead atoms. The minimum atomic E-state index is -0.403. The summed E-state index contributed by atoms with van der Waals surface area (Å²) < 4.78 is 0. The van der Waals surface area contributed by atoms with Gasteiger partial charge in [-0.3, -0.25) is 9.59 Å². The van der Waals surface area contributed by atoms with Gasteiger partial charge in [0, 0.05) is 16.4 Å². The highest BCUT2D eigenvalue weighted by Crippen LogP contribution is 2.27. The van der Waals surface area contributed by atoms with Gasteiger partial charge in [0.1, 0.15) is 0 Å². The second-order valence-corrected chi connectivity index (χ2v) is 7.32. The first-order valence-corrected chi connectivity index (χ1v) is 10.4. The van der Waals surface area contributed by atoms with Gasteiger partial charge in [-0.15, -0.1) is 0 Å². The van der Waals surface area contributed by atoms with Crippen molar-refractivity contribution in [2.24, 2.45) is 0 Å². The molecule has 1 aliphatic heterocycles. The lowest BCUT2D eigenvalue weighted by atomic mass is 10.0. The topological polar surface area (TPSA) is 58.2 Å². The summed E-state index contributed by atoms with van der Waals surface area (Å²) >= 11 is 6.27. The molecule has 29 heavy (non-hydrogen) atoms. The predicted molar refractivity (Wildman–Crippen MR) is 121 cm³/mol. The number of benzene rings is 2. The van der Waals surface area contributed by atoms with Crippen molar-refractivity contribution in [1.82, 2.24) is 5.32 Å². The third-order valence-electron chi connectivity index (χ3n) is 4.83. The Labute approximate surface area is 178 Å². The third-order valence-corrected chi connectivity index (χ3v) is 5.23. The number of hydrogen-bond acceptors (Lipinski definition) is 3. The van der Waals surface area contributed by atoms with Crippen LogP contribution in [0.5, 0.6) is 0 Å². The Kier molecular flexibility index (Phi) is 8.03. The summed E-state index contributed by atoms with van der Waals surface area (Å²) in [6, 6.07) is 11.6. The largest absolute Gasteiger partial charge is 0.355 e. The van der Waals surface area contributed by atoms with Gasteiger partial charge >= 0.3 is 0 Å². The first kappa shape index (κ1) is 22.7. The van der Waals surface area contributed by atoms with Crippen molar-refractivity contribution in [1.29, 1.82) is 0 Å². The Balaban J connectivity index is 0.00000145. The molecule has 0 saturated carbocycles. The van der Waals surface area contributed by atoms with Gasteiger partial charge in [-0.1, -0.05) is 61.9 Å². The summed E-state index contributed by atoms with van der Waals surface area (Å²) in [7, 11) is 0. The number of hydrogen-bond donors (Lipinski definition) is 2. The van der Waals surface area contributed by atoms with E-state index in [9.17, 15) is 9.59 Å². The molecular weight excluding hydrogens is 384 g/mol. The number of carbonyl (C=O) groups is 2. The van der Waals surface area contributed by atoms with E-state index in [1.54, 1.807) is 0 Å². The summed E-state index contributed by atoms with van der Waals surface area (Å²) in [6.45, 7) is 10.0. The molecule has 1 fully saturated rings. The van der Waals surface area contributed by atoms with Crippen LogP contribution in [0.2, 0.25) is 5.02 Å². The monoisotopic (exact) mass is 412 g/mol. The van der Waals surface area contributed by atoms with Crippen LogP contribution in [-0.4, -0.2) is 17.7 Å². The molecule has 3 rings (SSSR count). The van der Waals surface area contributed by atoms with E-state index < -0.39 is 6.04 Å². The van der Waals surface area contributed by atoms with Crippen LogP contribution in [0.4, 0.5) is 5.69 Å². The second kappa shape index (κ2) is 10.3. The number of nitrogens with one attached hydrogen (secondary N) is 2. The van der Waals surface area contributed by atoms with E-state index >= 15 is 0 Å². The minimum absolute atomic E-state index is 0.00610. The van der Waals surface area contributed by atoms with Gasteiger partial charge in [0.05, 0.1) is 12.5 Å². The van der Waals surface area contributed by atoms with Crippen LogP contribution in [0.1, 0.15) is 49.4 Å². The fraction of sp³-hybridized carbons (Fsp3) is 0.333. The molecule has 2 aromatic carbocycles. The molecule has 1 unspecified atom stereocenters. The molecule has 4 nitrogen and oxygen atoms in total. The molecule has 2 N–H and O–H groups in total. The molecule has 1 saturated heterocycles. The van der Waals surface area contributed by atoms with Crippen LogP contribution >= 0.6 is 11.6 Å². The van der Waals surface area contributed by atoms with Crippen LogP contribution in [-0.2, 0) is 16.0 Å². The van der Waals surface area contributed by atoms with Gasteiger partial charge < -0.3 is 10.6 Å². The third kappa shape index (κ3) is 5.70. The number of aryl methyl sites for hydroxylation is 2. The van der Waals surface area contributed by atoms with E-state index in [1.165, 1.54) is 0 Å². The van der Waals surface area contributed by atoms with Gasteiger partial charge in [0.2, 0.25) is 5.91 Å². The van der Waals surface area contributed by atoms with E-state index in [4.69, 9.17) is 11.6 Å². The molecule has 1 heterocycles. The van der Waals surface area contributed by atoms with Crippen molar-refractivity contribution >= 4 is 34.7 Å². The summed E-state index contributed by atoms with van der Waals surface area (Å²) in [5.74, 6) is -0.222. The van der Waals surface area contributed by atoms with Crippen LogP contribution < -0.4 is 10.6 Å². The molecule has 0 spiro atoms. The van der Waals surface area contributed by atoms with Crippen molar-refractivity contribution in [3.05, 3.63) is 69.8 Å². The fourth-order valence-electron chi connectivity index (χ4n) is 3.24. The summed E-state index contributed by atoms with van der Waals surface area (Å²) in [4.78, 5) is 23.1. The van der Waals surface area contributed by atoms with Gasteiger partial charge in [0.15, 0.2) is 5.78 Å². The SMILES string of the molecule is CC.CC=C(Nc1cc(Cl)c(C)cc1C)c1ccc(CC2NC(=O)CC2=O)cc1. The molecule has 0 radical (unpaired) electrons. The number of Topliss-reactive ketones (excluding diaryl/α,β-unsaturated/α-hetero) is 1. The lowest BCUT2D eigenvalue weighted by molar-refractivity contribution is -0.122. The first-order chi connectivity index (χ1) is 13.9. The highest BCUT2D eigenvalue weighted by atomic mass is 35.5. The van der Waals surface area contributed by atoms with Crippen molar-refractivity contribution in [2.75, 3.05) is 5.32 Å². The van der Waals surface area contributed by atoms with Gasteiger partial charge in [0.25, 0.3) is 0 Å². The molecule has 5 heteroatoms. The maximum atomic E-state index is 11.8. The van der Waals surface area contributed by atoms with Crippen LogP contribution in [0, 0.1) is 13.8 Å². The van der Waals surface area contributed by atoms with Crippen LogP contribution in [0.3, 0.4) is 0 Å². The van der Waals surface area contributed by atoms with Crippen molar-refractivity contribution in [3.63, 3.8) is 0 Å². The van der Waals surface area contributed by atoms with E-state index in [1.807, 2.05) is 64.1 Å². The van der Waals surface area contributed by atoms with Crippen molar-refractivity contribution in [2.45, 2.75) is 53.5 Å². The maximum absolute atomic E-state index is 11.8. The number of ketones is 1. The minimum Gasteiger partial charge on any atom is -0.355 e. The molecule has 0 aliphatic carbocycles. The Morgan fingerprint density at radius 1 is 1.14 bits per heavy atom. The van der Waals surface area contributed by atoms with E-state index in [-0.39, 0.29) is 18.1 Å². The highest BCUT2D eigenvalue weighted by Gasteiger charge is 2.29. The maximum Gasteiger partial charge on any atom is 0.228 e. The van der Waals surface area contributed by atoms with E-state index in [0.29, 0.717) is 6.42 Å². The number of anilines is 1.